The van der Waals surface area contributed by atoms with Crippen molar-refractivity contribution in [1.29, 1.82) is 5.26 Å². The fourth-order valence-corrected chi connectivity index (χ4v) is 4.03. The molecule has 1 N–H and O–H groups in total. The molecule has 2 nitrogen and oxygen atoms in total. The van der Waals surface area contributed by atoms with Crippen LogP contribution in [0.2, 0.25) is 0 Å². The lowest BCUT2D eigenvalue weighted by atomic mass is 9.76. The summed E-state index contributed by atoms with van der Waals surface area (Å²) in [6.07, 6.45) is 7.14. The molecule has 0 heterocycles. The van der Waals surface area contributed by atoms with Crippen molar-refractivity contribution in [1.82, 2.24) is 5.32 Å². The van der Waals surface area contributed by atoms with Gasteiger partial charge in [0, 0.05) is 18.2 Å². The van der Waals surface area contributed by atoms with E-state index in [2.05, 4.69) is 74.6 Å². The molecule has 1 aromatic rings. The van der Waals surface area contributed by atoms with Crippen molar-refractivity contribution in [3.63, 3.8) is 0 Å². The molecule has 0 aliphatic carbocycles. The summed E-state index contributed by atoms with van der Waals surface area (Å²) in [5.41, 5.74) is 6.76. The Labute approximate surface area is 179 Å². The maximum atomic E-state index is 9.05. The number of hydrogen-bond acceptors (Lipinski definition) is 2. The van der Waals surface area contributed by atoms with E-state index in [4.69, 9.17) is 5.26 Å². The van der Waals surface area contributed by atoms with E-state index in [0.717, 1.165) is 29.3 Å². The molecular formula is C25H33BrN2. The number of benzene rings is 1. The molecule has 0 aromatic heterocycles. The van der Waals surface area contributed by atoms with Gasteiger partial charge in [-0.05, 0) is 66.1 Å². The Morgan fingerprint density at radius 2 is 1.86 bits per heavy atom. The molecule has 28 heavy (non-hydrogen) atoms. The minimum Gasteiger partial charge on any atom is -0.390 e. The standard InChI is InChI=1S/C25H33BrN2/c1-8-10-22(16-23(26)11-9-2)19(4)25(5,6)24(28-7)18(3)21-14-12-20(17-27)13-15-21/h9,12-16,28H,2,8,10-11H2,1,3-7H3/b22-19+,23-16+,24-18-. The van der Waals surface area contributed by atoms with Crippen LogP contribution in [0.4, 0.5) is 0 Å². The van der Waals surface area contributed by atoms with E-state index in [1.54, 1.807) is 0 Å². The first-order valence-electron chi connectivity index (χ1n) is 9.79. The monoisotopic (exact) mass is 440 g/mol. The van der Waals surface area contributed by atoms with Gasteiger partial charge < -0.3 is 5.32 Å². The van der Waals surface area contributed by atoms with Crippen LogP contribution in [-0.2, 0) is 0 Å². The van der Waals surface area contributed by atoms with Crippen molar-refractivity contribution in [3.8, 4) is 6.07 Å². The van der Waals surface area contributed by atoms with E-state index >= 15 is 0 Å². The molecule has 150 valence electrons. The van der Waals surface area contributed by atoms with Crippen LogP contribution < -0.4 is 5.32 Å². The van der Waals surface area contributed by atoms with E-state index < -0.39 is 0 Å². The molecule has 0 aliphatic rings. The van der Waals surface area contributed by atoms with Crippen LogP contribution in [0.15, 0.2) is 64.3 Å². The van der Waals surface area contributed by atoms with Crippen molar-refractivity contribution < 1.29 is 0 Å². The molecule has 0 aliphatic heterocycles. The van der Waals surface area contributed by atoms with E-state index in [1.165, 1.54) is 22.4 Å². The Hall–Kier alpha value is -2.05. The van der Waals surface area contributed by atoms with E-state index in [-0.39, 0.29) is 5.41 Å². The largest absolute Gasteiger partial charge is 0.390 e. The van der Waals surface area contributed by atoms with Gasteiger partial charge in [-0.2, -0.15) is 5.26 Å². The van der Waals surface area contributed by atoms with Gasteiger partial charge in [0.1, 0.15) is 0 Å². The summed E-state index contributed by atoms with van der Waals surface area (Å²) in [5.74, 6) is 0. The van der Waals surface area contributed by atoms with Crippen LogP contribution in [0.3, 0.4) is 0 Å². The zero-order valence-corrected chi connectivity index (χ0v) is 19.7. The van der Waals surface area contributed by atoms with Crippen LogP contribution in [0, 0.1) is 16.7 Å². The molecule has 3 heteroatoms. The summed E-state index contributed by atoms with van der Waals surface area (Å²) in [7, 11) is 1.99. The number of hydrogen-bond donors (Lipinski definition) is 1. The molecule has 0 unspecified atom stereocenters. The van der Waals surface area contributed by atoms with Crippen molar-refractivity contribution in [3.05, 3.63) is 75.4 Å². The highest BCUT2D eigenvalue weighted by molar-refractivity contribution is 9.11. The second-order valence-electron chi connectivity index (χ2n) is 7.55. The second kappa shape index (κ2) is 11.1. The third kappa shape index (κ3) is 5.97. The highest BCUT2D eigenvalue weighted by Crippen LogP contribution is 2.40. The van der Waals surface area contributed by atoms with Crippen LogP contribution in [0.5, 0.6) is 0 Å². The maximum absolute atomic E-state index is 9.05. The van der Waals surface area contributed by atoms with E-state index in [1.807, 2.05) is 37.4 Å². The normalized spacial score (nSPS) is 14.0. The molecule has 1 rings (SSSR count). The molecule has 0 bridgehead atoms. The molecule has 0 fully saturated rings. The number of allylic oxidation sites excluding steroid dienone is 6. The van der Waals surface area contributed by atoms with Crippen molar-refractivity contribution in [2.75, 3.05) is 7.05 Å². The zero-order valence-electron chi connectivity index (χ0n) is 18.1. The van der Waals surface area contributed by atoms with Gasteiger partial charge in [-0.1, -0.05) is 66.9 Å². The summed E-state index contributed by atoms with van der Waals surface area (Å²) < 4.78 is 1.15. The predicted molar refractivity (Wildman–Crippen MR) is 126 cm³/mol. The molecule has 0 spiro atoms. The van der Waals surface area contributed by atoms with Gasteiger partial charge in [0.05, 0.1) is 11.6 Å². The average molecular weight is 441 g/mol. The Bertz CT molecular complexity index is 815. The SMILES string of the molecule is C=CC/C(Br)=C\C(CCC)=C(/C)C(C)(C)/C(NC)=C(\C)c1ccc(C#N)cc1. The summed E-state index contributed by atoms with van der Waals surface area (Å²) >= 11 is 3.68. The zero-order chi connectivity index (χ0) is 21.3. The Morgan fingerprint density at radius 1 is 1.25 bits per heavy atom. The van der Waals surface area contributed by atoms with Crippen LogP contribution in [0.1, 0.15) is 65.0 Å². The Morgan fingerprint density at radius 3 is 2.32 bits per heavy atom. The Balaban J connectivity index is 3.52. The number of nitrogens with zero attached hydrogens (tertiary/aromatic N) is 1. The molecule has 0 amide bonds. The second-order valence-corrected chi connectivity index (χ2v) is 8.57. The molecule has 0 saturated heterocycles. The summed E-state index contributed by atoms with van der Waals surface area (Å²) in [6, 6.07) is 9.98. The smallest absolute Gasteiger partial charge is 0.0991 e. The molecule has 1 aromatic carbocycles. The molecule has 0 radical (unpaired) electrons. The van der Waals surface area contributed by atoms with Crippen molar-refractivity contribution in [2.45, 2.75) is 53.9 Å². The van der Waals surface area contributed by atoms with Gasteiger partial charge in [-0.3, -0.25) is 0 Å². The minimum atomic E-state index is -0.158. The summed E-state index contributed by atoms with van der Waals surface area (Å²) in [5, 5.41) is 12.5. The predicted octanol–water partition coefficient (Wildman–Crippen LogP) is 7.51. The van der Waals surface area contributed by atoms with Gasteiger partial charge in [0.25, 0.3) is 0 Å². The first kappa shape index (κ1) is 24.0. The van der Waals surface area contributed by atoms with Gasteiger partial charge in [-0.25, -0.2) is 0 Å². The quantitative estimate of drug-likeness (QED) is 0.318. The minimum absolute atomic E-state index is 0.158. The van der Waals surface area contributed by atoms with Gasteiger partial charge in [0.15, 0.2) is 0 Å². The van der Waals surface area contributed by atoms with Crippen LogP contribution in [-0.4, -0.2) is 7.05 Å². The number of nitrogens with one attached hydrogen (secondary N) is 1. The van der Waals surface area contributed by atoms with Crippen molar-refractivity contribution >= 4 is 21.5 Å². The summed E-state index contributed by atoms with van der Waals surface area (Å²) in [6.45, 7) is 15.0. The third-order valence-corrected chi connectivity index (χ3v) is 5.86. The van der Waals surface area contributed by atoms with Gasteiger partial charge >= 0.3 is 0 Å². The highest BCUT2D eigenvalue weighted by atomic mass is 79.9. The lowest BCUT2D eigenvalue weighted by Gasteiger charge is -2.33. The lowest BCUT2D eigenvalue weighted by molar-refractivity contribution is 0.500. The van der Waals surface area contributed by atoms with Gasteiger partial charge in [0.2, 0.25) is 0 Å². The van der Waals surface area contributed by atoms with E-state index in [0.29, 0.717) is 5.56 Å². The third-order valence-electron chi connectivity index (χ3n) is 5.31. The number of rotatable bonds is 9. The fraction of sp³-hybridized carbons (Fsp3) is 0.400. The van der Waals surface area contributed by atoms with Gasteiger partial charge in [-0.15, -0.1) is 6.58 Å². The fourth-order valence-electron chi connectivity index (χ4n) is 3.52. The highest BCUT2D eigenvalue weighted by Gasteiger charge is 2.28. The molecular weight excluding hydrogens is 408 g/mol. The van der Waals surface area contributed by atoms with Crippen LogP contribution in [0.25, 0.3) is 5.57 Å². The van der Waals surface area contributed by atoms with E-state index in [9.17, 15) is 0 Å². The average Bonchev–Trinajstić information content (AvgIpc) is 2.67. The lowest BCUT2D eigenvalue weighted by Crippen LogP contribution is -2.27. The first-order valence-corrected chi connectivity index (χ1v) is 10.6. The molecule has 0 atom stereocenters. The summed E-state index contributed by atoms with van der Waals surface area (Å²) in [4.78, 5) is 0. The maximum Gasteiger partial charge on any atom is 0.0991 e. The molecule has 0 saturated carbocycles. The van der Waals surface area contributed by atoms with Crippen LogP contribution >= 0.6 is 15.9 Å². The number of halogens is 1. The first-order chi connectivity index (χ1) is 13.2. The topological polar surface area (TPSA) is 35.8 Å². The Kier molecular flexibility index (Phi) is 9.49. The van der Waals surface area contributed by atoms with Crippen molar-refractivity contribution in [2.24, 2.45) is 5.41 Å². The number of nitriles is 1.